The number of aliphatic hydroxyl groups excluding tert-OH is 1. The largest absolute Gasteiger partial charge is 0.503 e. The number of aliphatic hydroxyl groups is 1. The molecular formula is C25H24N2O4S. The molecule has 1 aliphatic heterocycles. The van der Waals surface area contributed by atoms with Crippen molar-refractivity contribution in [1.29, 1.82) is 0 Å². The van der Waals surface area contributed by atoms with Crippen molar-refractivity contribution >= 4 is 28.7 Å². The van der Waals surface area contributed by atoms with Gasteiger partial charge in [0, 0.05) is 22.9 Å². The van der Waals surface area contributed by atoms with Crippen LogP contribution < -0.4 is 9.64 Å². The number of aromatic nitrogens is 1. The molecule has 7 heteroatoms. The van der Waals surface area contributed by atoms with E-state index in [2.05, 4.69) is 4.98 Å². The van der Waals surface area contributed by atoms with E-state index in [0.29, 0.717) is 17.1 Å². The molecule has 3 heterocycles. The van der Waals surface area contributed by atoms with Gasteiger partial charge in [0.05, 0.1) is 12.7 Å². The van der Waals surface area contributed by atoms with Crippen LogP contribution in [0.5, 0.6) is 5.88 Å². The molecule has 1 unspecified atom stereocenters. The summed E-state index contributed by atoms with van der Waals surface area (Å²) < 4.78 is 5.43. The lowest BCUT2D eigenvalue weighted by molar-refractivity contribution is -0.123. The van der Waals surface area contributed by atoms with Crippen LogP contribution in [0.1, 0.15) is 32.4 Å². The van der Waals surface area contributed by atoms with E-state index < -0.39 is 23.1 Å². The molecule has 1 atom stereocenters. The highest BCUT2D eigenvalue weighted by Gasteiger charge is 2.47. The van der Waals surface area contributed by atoms with Gasteiger partial charge in [0.1, 0.15) is 6.04 Å². The van der Waals surface area contributed by atoms with Crippen molar-refractivity contribution in [3.63, 3.8) is 0 Å². The number of thiophene rings is 1. The van der Waals surface area contributed by atoms with E-state index >= 15 is 0 Å². The molecule has 1 N–H and O–H groups in total. The number of carbonyl (C=O) groups excluding carboxylic acids is 2. The van der Waals surface area contributed by atoms with Crippen LogP contribution in [0.2, 0.25) is 0 Å². The number of methoxy groups -OCH3 is 1. The molecule has 164 valence electrons. The number of nitrogens with zero attached hydrogens (tertiary/aromatic N) is 2. The normalized spacial score (nSPS) is 16.6. The van der Waals surface area contributed by atoms with Crippen molar-refractivity contribution in [1.82, 2.24) is 4.98 Å². The second-order valence-electron chi connectivity index (χ2n) is 8.58. The van der Waals surface area contributed by atoms with E-state index in [1.807, 2.05) is 41.1 Å². The second kappa shape index (κ2) is 8.24. The first-order chi connectivity index (χ1) is 15.2. The number of ether oxygens (including phenoxy) is 1. The fourth-order valence-electron chi connectivity index (χ4n) is 3.83. The van der Waals surface area contributed by atoms with Gasteiger partial charge in [-0.25, -0.2) is 4.98 Å². The van der Waals surface area contributed by atoms with Crippen molar-refractivity contribution in [3.8, 4) is 17.0 Å². The van der Waals surface area contributed by atoms with Crippen LogP contribution in [0.4, 0.5) is 5.69 Å². The van der Waals surface area contributed by atoms with Gasteiger partial charge in [0.2, 0.25) is 5.88 Å². The predicted octanol–water partition coefficient (Wildman–Crippen LogP) is 5.33. The highest BCUT2D eigenvalue weighted by molar-refractivity contribution is 7.08. The summed E-state index contributed by atoms with van der Waals surface area (Å²) in [5, 5.41) is 14.9. The third kappa shape index (κ3) is 3.69. The summed E-state index contributed by atoms with van der Waals surface area (Å²) in [6.45, 7) is 5.28. The highest BCUT2D eigenvalue weighted by Crippen LogP contribution is 2.45. The minimum atomic E-state index is -0.857. The SMILES string of the molecule is COc1ncccc1C1C(C(=O)C(C)(C)C)=C(O)C(=O)N1c1ccc(-c2ccsc2)cc1. The first-order valence-corrected chi connectivity index (χ1v) is 11.1. The molecule has 0 spiro atoms. The van der Waals surface area contributed by atoms with E-state index in [9.17, 15) is 14.7 Å². The number of anilines is 1. The van der Waals surface area contributed by atoms with Gasteiger partial charge in [-0.2, -0.15) is 11.3 Å². The maximum absolute atomic E-state index is 13.3. The maximum Gasteiger partial charge on any atom is 0.294 e. The summed E-state index contributed by atoms with van der Waals surface area (Å²) in [5.74, 6) is -1.18. The predicted molar refractivity (Wildman–Crippen MR) is 125 cm³/mol. The Morgan fingerprint density at radius 3 is 2.44 bits per heavy atom. The van der Waals surface area contributed by atoms with Crippen molar-refractivity contribution in [3.05, 3.63) is 76.3 Å². The number of rotatable bonds is 5. The van der Waals surface area contributed by atoms with Crippen LogP contribution in [0, 0.1) is 5.41 Å². The van der Waals surface area contributed by atoms with Crippen LogP contribution in [0.15, 0.2) is 70.8 Å². The first kappa shape index (κ1) is 21.8. The third-order valence-corrected chi connectivity index (χ3v) is 6.11. The van der Waals surface area contributed by atoms with Crippen molar-refractivity contribution < 1.29 is 19.4 Å². The highest BCUT2D eigenvalue weighted by atomic mass is 32.1. The standard InChI is InChI=1S/C25H24N2O4S/c1-25(2,3)22(29)19-20(18-6-5-12-26-23(18)31-4)27(24(30)21(19)28)17-9-7-15(8-10-17)16-11-13-32-14-16/h5-14,20,28H,1-4H3. The first-order valence-electron chi connectivity index (χ1n) is 10.2. The minimum absolute atomic E-state index is 0.0516. The average Bonchev–Trinajstić information content (AvgIpc) is 3.40. The summed E-state index contributed by atoms with van der Waals surface area (Å²) in [5.41, 5.74) is 2.45. The molecule has 2 aromatic heterocycles. The topological polar surface area (TPSA) is 79.7 Å². The van der Waals surface area contributed by atoms with Crippen molar-refractivity contribution in [2.45, 2.75) is 26.8 Å². The van der Waals surface area contributed by atoms with E-state index in [1.165, 1.54) is 12.0 Å². The molecule has 0 saturated carbocycles. The van der Waals surface area contributed by atoms with Gasteiger partial charge in [-0.3, -0.25) is 14.5 Å². The van der Waals surface area contributed by atoms with E-state index in [0.717, 1.165) is 11.1 Å². The molecule has 0 fully saturated rings. The molecule has 6 nitrogen and oxygen atoms in total. The van der Waals surface area contributed by atoms with Crippen LogP contribution in [-0.4, -0.2) is 28.9 Å². The van der Waals surface area contributed by atoms with Crippen molar-refractivity contribution in [2.75, 3.05) is 12.0 Å². The molecule has 1 amide bonds. The molecule has 4 rings (SSSR count). The molecule has 1 aliphatic rings. The zero-order chi connectivity index (χ0) is 23.0. The summed E-state index contributed by atoms with van der Waals surface area (Å²) >= 11 is 1.61. The average molecular weight is 449 g/mol. The van der Waals surface area contributed by atoms with Crippen molar-refractivity contribution in [2.24, 2.45) is 5.41 Å². The lowest BCUT2D eigenvalue weighted by Gasteiger charge is -2.29. The van der Waals surface area contributed by atoms with Crippen LogP contribution in [0.3, 0.4) is 0 Å². The molecule has 1 aromatic carbocycles. The number of Topliss-reactive ketones (excluding diaryl/α,β-unsaturated/α-hetero) is 1. The Labute approximate surface area is 190 Å². The van der Waals surface area contributed by atoms with Gasteiger partial charge in [0.25, 0.3) is 5.91 Å². The number of hydrogen-bond acceptors (Lipinski definition) is 6. The smallest absolute Gasteiger partial charge is 0.294 e. The Hall–Kier alpha value is -3.45. The van der Waals surface area contributed by atoms with E-state index in [1.54, 1.807) is 50.4 Å². The zero-order valence-electron chi connectivity index (χ0n) is 18.3. The zero-order valence-corrected chi connectivity index (χ0v) is 19.1. The fraction of sp³-hybridized carbons (Fsp3) is 0.240. The number of pyridine rings is 1. The lowest BCUT2D eigenvalue weighted by atomic mass is 9.82. The van der Waals surface area contributed by atoms with E-state index in [-0.39, 0.29) is 11.4 Å². The summed E-state index contributed by atoms with van der Waals surface area (Å²) in [6.07, 6.45) is 1.58. The monoisotopic (exact) mass is 448 g/mol. The number of benzene rings is 1. The number of carbonyl (C=O) groups is 2. The third-order valence-electron chi connectivity index (χ3n) is 5.42. The van der Waals surface area contributed by atoms with Gasteiger partial charge >= 0.3 is 0 Å². The van der Waals surface area contributed by atoms with Gasteiger partial charge < -0.3 is 9.84 Å². The maximum atomic E-state index is 13.3. The van der Waals surface area contributed by atoms with Gasteiger partial charge in [-0.1, -0.05) is 32.9 Å². The van der Waals surface area contributed by atoms with E-state index in [4.69, 9.17) is 4.74 Å². The Balaban J connectivity index is 1.86. The minimum Gasteiger partial charge on any atom is -0.503 e. The molecule has 0 bridgehead atoms. The van der Waals surface area contributed by atoms with Crippen LogP contribution in [0.25, 0.3) is 11.1 Å². The molecule has 32 heavy (non-hydrogen) atoms. The number of amides is 1. The summed E-state index contributed by atoms with van der Waals surface area (Å²) in [4.78, 5) is 32.3. The fourth-order valence-corrected chi connectivity index (χ4v) is 4.49. The molecule has 0 aliphatic carbocycles. The summed E-state index contributed by atoms with van der Waals surface area (Å²) in [7, 11) is 1.48. The van der Waals surface area contributed by atoms with Gasteiger partial charge in [0.15, 0.2) is 11.5 Å². The van der Waals surface area contributed by atoms with Crippen LogP contribution in [-0.2, 0) is 9.59 Å². The second-order valence-corrected chi connectivity index (χ2v) is 9.36. The Morgan fingerprint density at radius 2 is 1.84 bits per heavy atom. The molecule has 0 saturated heterocycles. The Bertz CT molecular complexity index is 1190. The molecule has 3 aromatic rings. The quantitative estimate of drug-likeness (QED) is 0.570. The molecular weight excluding hydrogens is 424 g/mol. The number of ketones is 1. The number of hydrogen-bond donors (Lipinski definition) is 1. The van der Waals surface area contributed by atoms with Crippen LogP contribution >= 0.6 is 11.3 Å². The lowest BCUT2D eigenvalue weighted by Crippen LogP contribution is -2.33. The summed E-state index contributed by atoms with van der Waals surface area (Å²) in [6, 6.07) is 12.1. The Kier molecular flexibility index (Phi) is 5.60. The van der Waals surface area contributed by atoms with Gasteiger partial charge in [-0.15, -0.1) is 0 Å². The Morgan fingerprint density at radius 1 is 1.12 bits per heavy atom. The molecule has 0 radical (unpaired) electrons. The van der Waals surface area contributed by atoms with Gasteiger partial charge in [-0.05, 0) is 52.2 Å².